The van der Waals surface area contributed by atoms with Crippen LogP contribution in [0.3, 0.4) is 0 Å². The average Bonchev–Trinajstić information content (AvgIpc) is 3.39. The molecule has 0 bridgehead atoms. The van der Waals surface area contributed by atoms with E-state index in [0.717, 1.165) is 31.8 Å². The van der Waals surface area contributed by atoms with Gasteiger partial charge in [0.05, 0.1) is 18.7 Å². The minimum Gasteiger partial charge on any atom is -0.388 e. The van der Waals surface area contributed by atoms with Crippen LogP contribution in [0.2, 0.25) is 0 Å². The number of pyridine rings is 1. The molecule has 4 heteroatoms. The first-order valence-electron chi connectivity index (χ1n) is 7.80. The first kappa shape index (κ1) is 12.9. The number of nitrogens with zero attached hydrogens (tertiary/aromatic N) is 2. The molecule has 1 saturated heterocycles. The van der Waals surface area contributed by atoms with Crippen LogP contribution in [0.4, 0.5) is 11.4 Å². The lowest BCUT2D eigenvalue weighted by atomic mass is 10.1. The van der Waals surface area contributed by atoms with Crippen molar-refractivity contribution in [2.24, 2.45) is 0 Å². The van der Waals surface area contributed by atoms with Gasteiger partial charge in [-0.05, 0) is 37.1 Å². The topological polar surface area (TPSA) is 37.4 Å². The molecule has 4 nitrogen and oxygen atoms in total. The first-order chi connectivity index (χ1) is 10.3. The van der Waals surface area contributed by atoms with Crippen LogP contribution in [0.1, 0.15) is 24.5 Å². The molecule has 2 aromatic rings. The van der Waals surface area contributed by atoms with Gasteiger partial charge in [-0.1, -0.05) is 0 Å². The third kappa shape index (κ3) is 2.44. The Hall–Kier alpha value is -1.81. The molecule has 2 fully saturated rings. The predicted octanol–water partition coefficient (Wildman–Crippen LogP) is 2.99. The Morgan fingerprint density at radius 2 is 2.00 bits per heavy atom. The summed E-state index contributed by atoms with van der Waals surface area (Å²) in [6.07, 6.45) is 2.57. The highest BCUT2D eigenvalue weighted by Crippen LogP contribution is 2.41. The maximum absolute atomic E-state index is 5.44. The van der Waals surface area contributed by atoms with Crippen molar-refractivity contribution in [1.82, 2.24) is 4.98 Å². The van der Waals surface area contributed by atoms with Gasteiger partial charge in [0.2, 0.25) is 0 Å². The van der Waals surface area contributed by atoms with Gasteiger partial charge in [-0.3, -0.25) is 4.98 Å². The van der Waals surface area contributed by atoms with Crippen LogP contribution in [-0.2, 0) is 4.74 Å². The minimum absolute atomic E-state index is 0.681. The van der Waals surface area contributed by atoms with Crippen molar-refractivity contribution in [3.8, 4) is 0 Å². The number of anilines is 2. The summed E-state index contributed by atoms with van der Waals surface area (Å²) >= 11 is 0. The fourth-order valence-corrected chi connectivity index (χ4v) is 3.05. The van der Waals surface area contributed by atoms with E-state index in [0.29, 0.717) is 5.92 Å². The molecule has 0 unspecified atom stereocenters. The molecule has 0 amide bonds. The molecule has 1 aliphatic carbocycles. The summed E-state index contributed by atoms with van der Waals surface area (Å²) in [5, 5.41) is 4.55. The lowest BCUT2D eigenvalue weighted by Crippen LogP contribution is -2.36. The van der Waals surface area contributed by atoms with Crippen molar-refractivity contribution in [2.75, 3.05) is 43.6 Å². The smallest absolute Gasteiger partial charge is 0.0727 e. The van der Waals surface area contributed by atoms with Crippen LogP contribution < -0.4 is 10.2 Å². The van der Waals surface area contributed by atoms with Crippen LogP contribution >= 0.6 is 0 Å². The van der Waals surface area contributed by atoms with Gasteiger partial charge in [-0.25, -0.2) is 0 Å². The molecule has 1 aromatic heterocycles. The van der Waals surface area contributed by atoms with Gasteiger partial charge < -0.3 is 15.0 Å². The first-order valence-corrected chi connectivity index (χ1v) is 7.80. The van der Waals surface area contributed by atoms with Gasteiger partial charge in [0, 0.05) is 48.5 Å². The fraction of sp³-hybridized carbons (Fsp3) is 0.471. The zero-order valence-corrected chi connectivity index (χ0v) is 12.4. The van der Waals surface area contributed by atoms with Crippen molar-refractivity contribution in [3.63, 3.8) is 0 Å². The Morgan fingerprint density at radius 1 is 1.19 bits per heavy atom. The van der Waals surface area contributed by atoms with Crippen molar-refractivity contribution < 1.29 is 4.74 Å². The fourth-order valence-electron chi connectivity index (χ4n) is 3.05. The van der Waals surface area contributed by atoms with Crippen molar-refractivity contribution in [3.05, 3.63) is 30.0 Å². The van der Waals surface area contributed by atoms with E-state index in [9.17, 15) is 0 Å². The Kier molecular flexibility index (Phi) is 3.19. The quantitative estimate of drug-likeness (QED) is 0.939. The van der Waals surface area contributed by atoms with Crippen LogP contribution in [-0.4, -0.2) is 38.3 Å². The van der Waals surface area contributed by atoms with Gasteiger partial charge in [-0.15, -0.1) is 0 Å². The number of hydrogen-bond acceptors (Lipinski definition) is 4. The highest BCUT2D eigenvalue weighted by Gasteiger charge is 2.26. The van der Waals surface area contributed by atoms with Crippen molar-refractivity contribution in [2.45, 2.75) is 18.8 Å². The number of nitrogens with one attached hydrogen (secondary N) is 1. The molecule has 4 rings (SSSR count). The number of fused-ring (bicyclic) bond motifs is 1. The maximum atomic E-state index is 5.44. The van der Waals surface area contributed by atoms with Gasteiger partial charge in [-0.2, -0.15) is 0 Å². The second-order valence-electron chi connectivity index (χ2n) is 5.92. The predicted molar refractivity (Wildman–Crippen MR) is 86.3 cm³/mol. The largest absolute Gasteiger partial charge is 0.388 e. The van der Waals surface area contributed by atoms with Gasteiger partial charge >= 0.3 is 0 Å². The number of morpholine rings is 1. The van der Waals surface area contributed by atoms with E-state index in [2.05, 4.69) is 34.5 Å². The molecular formula is C17H21N3O. The minimum atomic E-state index is 0.681. The Morgan fingerprint density at radius 3 is 2.71 bits per heavy atom. The summed E-state index contributed by atoms with van der Waals surface area (Å²) in [6.45, 7) is 3.56. The normalized spacial score (nSPS) is 19.0. The molecule has 1 aliphatic heterocycles. The lowest BCUT2D eigenvalue weighted by molar-refractivity contribution is 0.122. The van der Waals surface area contributed by atoms with E-state index < -0.39 is 0 Å². The van der Waals surface area contributed by atoms with Crippen LogP contribution in [0, 0.1) is 0 Å². The standard InChI is InChI=1S/C17H21N3O/c1-18-17-11-16(12-2-3-12)19-15-5-4-13(10-14(15)17)20-6-8-21-9-7-20/h4-5,10-12H,2-3,6-9H2,1H3,(H,18,19). The van der Waals surface area contributed by atoms with E-state index in [-0.39, 0.29) is 0 Å². The lowest BCUT2D eigenvalue weighted by Gasteiger charge is -2.29. The average molecular weight is 283 g/mol. The molecule has 21 heavy (non-hydrogen) atoms. The summed E-state index contributed by atoms with van der Waals surface area (Å²) in [4.78, 5) is 7.23. The maximum Gasteiger partial charge on any atom is 0.0727 e. The molecule has 0 atom stereocenters. The van der Waals surface area contributed by atoms with E-state index in [4.69, 9.17) is 9.72 Å². The van der Waals surface area contributed by atoms with E-state index in [1.807, 2.05) is 7.05 Å². The van der Waals surface area contributed by atoms with Gasteiger partial charge in [0.15, 0.2) is 0 Å². The Bertz CT molecular complexity index is 660. The summed E-state index contributed by atoms with van der Waals surface area (Å²) in [5.74, 6) is 0.681. The molecule has 2 aliphatic rings. The number of ether oxygens (including phenoxy) is 1. The van der Waals surface area contributed by atoms with Crippen LogP contribution in [0.15, 0.2) is 24.3 Å². The van der Waals surface area contributed by atoms with Crippen LogP contribution in [0.25, 0.3) is 10.9 Å². The highest BCUT2D eigenvalue weighted by molar-refractivity contribution is 5.94. The Balaban J connectivity index is 1.76. The molecule has 0 radical (unpaired) electrons. The van der Waals surface area contributed by atoms with E-state index in [1.54, 1.807) is 0 Å². The molecule has 110 valence electrons. The second-order valence-corrected chi connectivity index (χ2v) is 5.92. The summed E-state index contributed by atoms with van der Waals surface area (Å²) in [5.41, 5.74) is 4.80. The number of hydrogen-bond donors (Lipinski definition) is 1. The van der Waals surface area contributed by atoms with Gasteiger partial charge in [0.1, 0.15) is 0 Å². The summed E-state index contributed by atoms with van der Waals surface area (Å²) in [7, 11) is 1.99. The zero-order chi connectivity index (χ0) is 14.2. The number of aromatic nitrogens is 1. The van der Waals surface area contributed by atoms with E-state index in [1.165, 1.54) is 35.3 Å². The highest BCUT2D eigenvalue weighted by atomic mass is 16.5. The third-order valence-electron chi connectivity index (χ3n) is 4.45. The molecule has 1 saturated carbocycles. The molecular weight excluding hydrogens is 262 g/mol. The molecule has 2 heterocycles. The SMILES string of the molecule is CNc1cc(C2CC2)nc2ccc(N3CCOCC3)cc12. The number of rotatable bonds is 3. The Labute approximate surface area is 125 Å². The monoisotopic (exact) mass is 283 g/mol. The van der Waals surface area contributed by atoms with Crippen LogP contribution in [0.5, 0.6) is 0 Å². The molecule has 0 spiro atoms. The molecule has 1 N–H and O–H groups in total. The summed E-state index contributed by atoms with van der Waals surface area (Å²) < 4.78 is 5.44. The number of benzene rings is 1. The third-order valence-corrected chi connectivity index (χ3v) is 4.45. The zero-order valence-electron chi connectivity index (χ0n) is 12.4. The molecule has 1 aromatic carbocycles. The van der Waals surface area contributed by atoms with Crippen molar-refractivity contribution in [1.29, 1.82) is 0 Å². The van der Waals surface area contributed by atoms with Crippen molar-refractivity contribution >= 4 is 22.3 Å². The second kappa shape index (κ2) is 5.19. The van der Waals surface area contributed by atoms with Gasteiger partial charge in [0.25, 0.3) is 0 Å². The van der Waals surface area contributed by atoms with E-state index >= 15 is 0 Å². The summed E-state index contributed by atoms with van der Waals surface area (Å²) in [6, 6.07) is 8.84.